The summed E-state index contributed by atoms with van der Waals surface area (Å²) in [7, 11) is 0. The van der Waals surface area contributed by atoms with Gasteiger partial charge in [0.1, 0.15) is 6.26 Å². The van der Waals surface area contributed by atoms with Crippen LogP contribution in [0, 0.1) is 0 Å². The summed E-state index contributed by atoms with van der Waals surface area (Å²) in [6, 6.07) is 18.0. The molecule has 0 saturated heterocycles. The minimum atomic E-state index is -0.913. The van der Waals surface area contributed by atoms with Gasteiger partial charge in [-0.1, -0.05) is 42.5 Å². The zero-order valence-corrected chi connectivity index (χ0v) is 10.8. The van der Waals surface area contributed by atoms with Crippen LogP contribution in [0.25, 0.3) is 11.1 Å². The third-order valence-electron chi connectivity index (χ3n) is 2.27. The lowest BCUT2D eigenvalue weighted by atomic mass is 10.1. The Balaban J connectivity index is 0.00000128. The number of hydrogen-bond acceptors (Lipinski definition) is 1. The quantitative estimate of drug-likeness (QED) is 0.751. The predicted molar refractivity (Wildman–Crippen MR) is 74.6 cm³/mol. The Hall–Kier alpha value is -0.900. The lowest BCUT2D eigenvalue weighted by Crippen LogP contribution is -1.96. The van der Waals surface area contributed by atoms with Gasteiger partial charge in [0, 0.05) is 6.07 Å². The Morgan fingerprint density at radius 3 is 2.12 bits per heavy atom. The zero-order valence-electron chi connectivity index (χ0n) is 9.01. The van der Waals surface area contributed by atoms with Crippen molar-refractivity contribution in [1.29, 1.82) is 0 Å². The Kier molecular flexibility index (Phi) is 4.93. The van der Waals surface area contributed by atoms with E-state index in [1.165, 1.54) is 0 Å². The van der Waals surface area contributed by atoms with Gasteiger partial charge in [-0.25, -0.2) is 0 Å². The molecule has 16 heavy (non-hydrogen) atoms. The fourth-order valence-electron chi connectivity index (χ4n) is 1.49. The van der Waals surface area contributed by atoms with Gasteiger partial charge < -0.3 is 4.55 Å². The fourth-order valence-corrected chi connectivity index (χ4v) is 2.05. The van der Waals surface area contributed by atoms with Gasteiger partial charge in [-0.2, -0.15) is 13.5 Å². The van der Waals surface area contributed by atoms with E-state index in [1.807, 2.05) is 42.5 Å². The molecule has 0 aromatic heterocycles. The molecule has 0 spiro atoms. The summed E-state index contributed by atoms with van der Waals surface area (Å²) in [5, 5.41) is 0. The topological polar surface area (TPSA) is 23.1 Å². The second kappa shape index (κ2) is 5.99. The smallest absolute Gasteiger partial charge is 0.153 e. The zero-order chi connectivity index (χ0) is 10.7. The molecule has 0 heterocycles. The standard InChI is InChI=1S/C13H12OS.H2S/c1-15(14)13-9-5-8-12(10-13)11-6-3-2-4-7-11;/h2-10H,1H3;1H2. The van der Waals surface area contributed by atoms with Crippen molar-refractivity contribution in [2.24, 2.45) is 0 Å². The Morgan fingerprint density at radius 1 is 0.875 bits per heavy atom. The SMILES string of the molecule is C[S+]([O-])c1cccc(-c2ccccc2)c1.S. The number of rotatable bonds is 2. The van der Waals surface area contributed by atoms with Crippen LogP contribution in [0.3, 0.4) is 0 Å². The molecule has 0 fully saturated rings. The summed E-state index contributed by atoms with van der Waals surface area (Å²) in [5.41, 5.74) is 2.27. The van der Waals surface area contributed by atoms with Crippen LogP contribution in [0.15, 0.2) is 59.5 Å². The van der Waals surface area contributed by atoms with Crippen molar-refractivity contribution in [1.82, 2.24) is 0 Å². The van der Waals surface area contributed by atoms with Crippen LogP contribution >= 0.6 is 13.5 Å². The van der Waals surface area contributed by atoms with E-state index in [1.54, 1.807) is 6.26 Å². The highest BCUT2D eigenvalue weighted by atomic mass is 32.2. The summed E-state index contributed by atoms with van der Waals surface area (Å²) in [5.74, 6) is 0. The predicted octanol–water partition coefficient (Wildman–Crippen LogP) is 3.20. The van der Waals surface area contributed by atoms with Gasteiger partial charge in [0.25, 0.3) is 0 Å². The summed E-state index contributed by atoms with van der Waals surface area (Å²) in [6.45, 7) is 0. The molecule has 1 nitrogen and oxygen atoms in total. The second-order valence-electron chi connectivity index (χ2n) is 3.35. The van der Waals surface area contributed by atoms with E-state index in [0.29, 0.717) is 0 Å². The lowest BCUT2D eigenvalue weighted by molar-refractivity contribution is 0.601. The Bertz CT molecular complexity index is 441. The maximum Gasteiger partial charge on any atom is 0.153 e. The highest BCUT2D eigenvalue weighted by molar-refractivity contribution is 7.90. The highest BCUT2D eigenvalue weighted by Crippen LogP contribution is 2.21. The van der Waals surface area contributed by atoms with Crippen molar-refractivity contribution in [2.75, 3.05) is 6.26 Å². The lowest BCUT2D eigenvalue weighted by Gasteiger charge is -2.06. The maximum absolute atomic E-state index is 11.3. The van der Waals surface area contributed by atoms with Crippen molar-refractivity contribution in [3.63, 3.8) is 0 Å². The van der Waals surface area contributed by atoms with E-state index < -0.39 is 11.2 Å². The van der Waals surface area contributed by atoms with Crippen LogP contribution in [-0.2, 0) is 11.2 Å². The third-order valence-corrected chi connectivity index (χ3v) is 3.19. The van der Waals surface area contributed by atoms with Crippen molar-refractivity contribution in [3.05, 3.63) is 54.6 Å². The molecule has 1 unspecified atom stereocenters. The van der Waals surface area contributed by atoms with E-state index >= 15 is 0 Å². The van der Waals surface area contributed by atoms with Crippen LogP contribution in [0.1, 0.15) is 0 Å². The van der Waals surface area contributed by atoms with Crippen LogP contribution < -0.4 is 0 Å². The van der Waals surface area contributed by atoms with Crippen LogP contribution in [-0.4, -0.2) is 10.8 Å². The summed E-state index contributed by atoms with van der Waals surface area (Å²) in [4.78, 5) is 0.872. The maximum atomic E-state index is 11.3. The van der Waals surface area contributed by atoms with Gasteiger partial charge >= 0.3 is 0 Å². The van der Waals surface area contributed by atoms with Gasteiger partial charge in [0.05, 0.1) is 0 Å². The molecule has 0 saturated carbocycles. The molecule has 2 rings (SSSR count). The van der Waals surface area contributed by atoms with E-state index in [9.17, 15) is 4.55 Å². The first kappa shape index (κ1) is 13.2. The molecular formula is C13H14OS2. The number of hydrogen-bond donors (Lipinski definition) is 0. The average Bonchev–Trinajstić information content (AvgIpc) is 2.30. The first-order valence-corrected chi connectivity index (χ1v) is 6.32. The fraction of sp³-hybridized carbons (Fsp3) is 0.0769. The van der Waals surface area contributed by atoms with Crippen molar-refractivity contribution >= 4 is 24.7 Å². The van der Waals surface area contributed by atoms with E-state index in [2.05, 4.69) is 12.1 Å². The average molecular weight is 250 g/mol. The normalized spacial score (nSPS) is 11.6. The highest BCUT2D eigenvalue weighted by Gasteiger charge is 2.05. The Morgan fingerprint density at radius 2 is 1.50 bits per heavy atom. The van der Waals surface area contributed by atoms with E-state index in [-0.39, 0.29) is 13.5 Å². The van der Waals surface area contributed by atoms with E-state index in [0.717, 1.165) is 16.0 Å². The van der Waals surface area contributed by atoms with Crippen molar-refractivity contribution < 1.29 is 4.55 Å². The molecule has 0 N–H and O–H groups in total. The van der Waals surface area contributed by atoms with E-state index in [4.69, 9.17) is 0 Å². The summed E-state index contributed by atoms with van der Waals surface area (Å²) < 4.78 is 11.3. The summed E-state index contributed by atoms with van der Waals surface area (Å²) in [6.07, 6.45) is 1.70. The van der Waals surface area contributed by atoms with Gasteiger partial charge in [-0.05, 0) is 28.4 Å². The van der Waals surface area contributed by atoms with Crippen molar-refractivity contribution in [2.45, 2.75) is 4.90 Å². The molecular weight excluding hydrogens is 236 g/mol. The molecule has 2 aromatic carbocycles. The molecule has 1 atom stereocenters. The molecule has 2 aromatic rings. The molecule has 0 radical (unpaired) electrons. The van der Waals surface area contributed by atoms with Gasteiger partial charge in [-0.15, -0.1) is 0 Å². The van der Waals surface area contributed by atoms with Gasteiger partial charge in [0.2, 0.25) is 0 Å². The third kappa shape index (κ3) is 3.04. The molecule has 3 heteroatoms. The summed E-state index contributed by atoms with van der Waals surface area (Å²) >= 11 is -0.913. The van der Waals surface area contributed by atoms with Crippen molar-refractivity contribution in [3.8, 4) is 11.1 Å². The monoisotopic (exact) mass is 250 g/mol. The molecule has 0 aliphatic rings. The minimum Gasteiger partial charge on any atom is -0.612 e. The molecule has 0 aliphatic carbocycles. The molecule has 0 bridgehead atoms. The molecule has 0 aliphatic heterocycles. The first-order valence-electron chi connectivity index (χ1n) is 4.76. The first-order chi connectivity index (χ1) is 7.27. The minimum absolute atomic E-state index is 0. The largest absolute Gasteiger partial charge is 0.612 e. The van der Waals surface area contributed by atoms with Crippen LogP contribution in [0.5, 0.6) is 0 Å². The van der Waals surface area contributed by atoms with Crippen LogP contribution in [0.4, 0.5) is 0 Å². The molecule has 0 amide bonds. The van der Waals surface area contributed by atoms with Gasteiger partial charge in [0.15, 0.2) is 4.90 Å². The second-order valence-corrected chi connectivity index (χ2v) is 4.73. The Labute approximate surface area is 106 Å². The number of benzene rings is 2. The van der Waals surface area contributed by atoms with Crippen LogP contribution in [0.2, 0.25) is 0 Å². The van der Waals surface area contributed by atoms with Gasteiger partial charge in [-0.3, -0.25) is 0 Å². The molecule has 84 valence electrons.